The minimum absolute atomic E-state index is 0.0339. The van der Waals surface area contributed by atoms with Crippen LogP contribution in [-0.4, -0.2) is 43.7 Å². The number of ether oxygens (including phenoxy) is 1. The number of halogens is 1. The summed E-state index contributed by atoms with van der Waals surface area (Å²) in [4.78, 5) is 15.3. The van der Waals surface area contributed by atoms with E-state index in [1.807, 2.05) is 17.5 Å². The van der Waals surface area contributed by atoms with Crippen LogP contribution in [-0.2, 0) is 9.53 Å². The van der Waals surface area contributed by atoms with Gasteiger partial charge in [-0.3, -0.25) is 9.69 Å². The first-order valence-electron chi connectivity index (χ1n) is 5.93. The van der Waals surface area contributed by atoms with Gasteiger partial charge < -0.3 is 10.1 Å². The van der Waals surface area contributed by atoms with E-state index in [1.165, 1.54) is 11.3 Å². The summed E-state index contributed by atoms with van der Waals surface area (Å²) < 4.78 is 6.29. The molecule has 1 saturated heterocycles. The van der Waals surface area contributed by atoms with Crippen molar-refractivity contribution in [3.8, 4) is 6.07 Å². The highest BCUT2D eigenvalue weighted by Gasteiger charge is 2.29. The van der Waals surface area contributed by atoms with Crippen molar-refractivity contribution in [3.05, 3.63) is 20.8 Å². The minimum atomic E-state index is -0.339. The van der Waals surface area contributed by atoms with E-state index < -0.39 is 0 Å². The Kier molecular flexibility index (Phi) is 5.34. The van der Waals surface area contributed by atoms with Crippen molar-refractivity contribution in [1.82, 2.24) is 10.2 Å². The molecule has 5 nitrogen and oxygen atoms in total. The minimum Gasteiger partial charge on any atom is -0.379 e. The lowest BCUT2D eigenvalue weighted by molar-refractivity contribution is -0.128. The lowest BCUT2D eigenvalue weighted by Crippen LogP contribution is -2.45. The van der Waals surface area contributed by atoms with Crippen LogP contribution >= 0.6 is 27.3 Å². The summed E-state index contributed by atoms with van der Waals surface area (Å²) in [5.41, 5.74) is 0. The van der Waals surface area contributed by atoms with Crippen LogP contribution in [0, 0.1) is 11.3 Å². The maximum atomic E-state index is 12.3. The van der Waals surface area contributed by atoms with Gasteiger partial charge in [0.25, 0.3) is 0 Å². The average molecular weight is 344 g/mol. The molecular formula is C12H14BrN3O2S. The number of nitriles is 1. The molecule has 0 radical (unpaired) electrons. The first-order valence-corrected chi connectivity index (χ1v) is 7.60. The van der Waals surface area contributed by atoms with Gasteiger partial charge in [0.2, 0.25) is 5.91 Å². The van der Waals surface area contributed by atoms with Gasteiger partial charge in [0.15, 0.2) is 0 Å². The molecule has 0 saturated carbocycles. The number of thiophene rings is 1. The van der Waals surface area contributed by atoms with Gasteiger partial charge in [-0.25, -0.2) is 0 Å². The van der Waals surface area contributed by atoms with Crippen molar-refractivity contribution >= 4 is 33.2 Å². The molecule has 0 aromatic carbocycles. The topological polar surface area (TPSA) is 65.4 Å². The Labute approximate surface area is 124 Å². The van der Waals surface area contributed by atoms with Crippen LogP contribution in [0.4, 0.5) is 0 Å². The molecule has 2 heterocycles. The highest BCUT2D eigenvalue weighted by atomic mass is 79.9. The fourth-order valence-corrected chi connectivity index (χ4v) is 3.58. The highest BCUT2D eigenvalue weighted by molar-refractivity contribution is 9.10. The first kappa shape index (κ1) is 14.5. The van der Waals surface area contributed by atoms with E-state index in [0.717, 1.165) is 22.4 Å². The molecular weight excluding hydrogens is 330 g/mol. The summed E-state index contributed by atoms with van der Waals surface area (Å²) in [5, 5.41) is 13.2. The number of amides is 1. The predicted molar refractivity (Wildman–Crippen MR) is 75.8 cm³/mol. The Bertz CT molecular complexity index is 480. The van der Waals surface area contributed by atoms with Crippen LogP contribution in [0.3, 0.4) is 0 Å². The molecule has 1 aliphatic heterocycles. The van der Waals surface area contributed by atoms with Crippen LogP contribution in [0.5, 0.6) is 0 Å². The number of nitrogens with one attached hydrogen (secondary N) is 1. The van der Waals surface area contributed by atoms with E-state index in [-0.39, 0.29) is 18.5 Å². The molecule has 0 bridgehead atoms. The van der Waals surface area contributed by atoms with Gasteiger partial charge in [-0.05, 0) is 22.0 Å². The van der Waals surface area contributed by atoms with E-state index >= 15 is 0 Å². The van der Waals surface area contributed by atoms with Crippen LogP contribution in [0.2, 0.25) is 0 Å². The molecule has 1 aromatic heterocycles. The largest absolute Gasteiger partial charge is 0.379 e. The normalized spacial score (nSPS) is 17.7. The molecule has 0 aliphatic carbocycles. The van der Waals surface area contributed by atoms with Gasteiger partial charge in [-0.1, -0.05) is 0 Å². The summed E-state index contributed by atoms with van der Waals surface area (Å²) in [6.45, 7) is 2.75. The Morgan fingerprint density at radius 3 is 2.95 bits per heavy atom. The zero-order valence-corrected chi connectivity index (χ0v) is 12.7. The summed E-state index contributed by atoms with van der Waals surface area (Å²) in [6, 6.07) is 3.55. The molecule has 1 aliphatic rings. The van der Waals surface area contributed by atoms with Crippen molar-refractivity contribution in [3.63, 3.8) is 0 Å². The second-order valence-corrected chi connectivity index (χ2v) is 5.95. The number of hydrogen-bond acceptors (Lipinski definition) is 5. The number of nitrogens with zero attached hydrogens (tertiary/aromatic N) is 2. The molecule has 1 fully saturated rings. The van der Waals surface area contributed by atoms with E-state index in [1.54, 1.807) is 0 Å². The monoisotopic (exact) mass is 343 g/mol. The Hall–Kier alpha value is -0.940. The number of carbonyl (C=O) groups excluding carboxylic acids is 1. The van der Waals surface area contributed by atoms with Crippen LogP contribution in [0.15, 0.2) is 15.9 Å². The summed E-state index contributed by atoms with van der Waals surface area (Å²) in [5.74, 6) is -0.127. The second kappa shape index (κ2) is 7.01. The van der Waals surface area contributed by atoms with E-state index in [4.69, 9.17) is 10.00 Å². The highest BCUT2D eigenvalue weighted by Crippen LogP contribution is 2.30. The molecule has 1 unspecified atom stereocenters. The lowest BCUT2D eigenvalue weighted by atomic mass is 10.1. The average Bonchev–Trinajstić information content (AvgIpc) is 2.84. The fourth-order valence-electron chi connectivity index (χ4n) is 2.01. The second-order valence-electron chi connectivity index (χ2n) is 4.09. The molecule has 1 amide bonds. The standard InChI is InChI=1S/C12H14BrN3O2S/c13-9-7-10(19-8-9)11(12(17)15-2-1-14)16-3-5-18-6-4-16/h7-8,11H,2-6H2,(H,15,17). The number of hydrogen-bond donors (Lipinski definition) is 1. The molecule has 1 aromatic rings. The molecule has 1 atom stereocenters. The van der Waals surface area contributed by atoms with Crippen molar-refractivity contribution in [2.24, 2.45) is 0 Å². The Balaban J connectivity index is 2.17. The van der Waals surface area contributed by atoms with E-state index in [0.29, 0.717) is 13.2 Å². The van der Waals surface area contributed by atoms with Gasteiger partial charge >= 0.3 is 0 Å². The maximum absolute atomic E-state index is 12.3. The zero-order chi connectivity index (χ0) is 13.7. The maximum Gasteiger partial charge on any atom is 0.243 e. The number of morpholine rings is 1. The SMILES string of the molecule is N#CCNC(=O)C(c1cc(Br)cs1)N1CCOCC1. The van der Waals surface area contributed by atoms with Crippen molar-refractivity contribution in [1.29, 1.82) is 5.26 Å². The van der Waals surface area contributed by atoms with Crippen LogP contribution in [0.25, 0.3) is 0 Å². The van der Waals surface area contributed by atoms with Gasteiger partial charge in [-0.2, -0.15) is 5.26 Å². The summed E-state index contributed by atoms with van der Waals surface area (Å²) >= 11 is 4.95. The molecule has 1 N–H and O–H groups in total. The zero-order valence-electron chi connectivity index (χ0n) is 10.3. The van der Waals surface area contributed by atoms with Crippen molar-refractivity contribution < 1.29 is 9.53 Å². The Morgan fingerprint density at radius 1 is 1.63 bits per heavy atom. The van der Waals surface area contributed by atoms with Crippen LogP contribution in [0.1, 0.15) is 10.9 Å². The van der Waals surface area contributed by atoms with Gasteiger partial charge in [0, 0.05) is 27.8 Å². The summed E-state index contributed by atoms with van der Waals surface area (Å²) in [7, 11) is 0. The smallest absolute Gasteiger partial charge is 0.243 e. The quantitative estimate of drug-likeness (QED) is 0.842. The van der Waals surface area contributed by atoms with Crippen molar-refractivity contribution in [2.45, 2.75) is 6.04 Å². The molecule has 7 heteroatoms. The third-order valence-electron chi connectivity index (χ3n) is 2.86. The van der Waals surface area contributed by atoms with E-state index in [9.17, 15) is 4.79 Å². The van der Waals surface area contributed by atoms with Gasteiger partial charge in [0.1, 0.15) is 12.6 Å². The third kappa shape index (κ3) is 3.76. The predicted octanol–water partition coefficient (Wildman–Crippen LogP) is 1.52. The molecule has 102 valence electrons. The molecule has 0 spiro atoms. The van der Waals surface area contributed by atoms with Gasteiger partial charge in [-0.15, -0.1) is 11.3 Å². The molecule has 2 rings (SSSR count). The van der Waals surface area contributed by atoms with Crippen LogP contribution < -0.4 is 5.32 Å². The first-order chi connectivity index (χ1) is 9.22. The van der Waals surface area contributed by atoms with Crippen molar-refractivity contribution in [2.75, 3.05) is 32.8 Å². The fraction of sp³-hybridized carbons (Fsp3) is 0.500. The Morgan fingerprint density at radius 2 is 2.37 bits per heavy atom. The summed E-state index contributed by atoms with van der Waals surface area (Å²) in [6.07, 6.45) is 0. The number of rotatable bonds is 4. The third-order valence-corrected chi connectivity index (χ3v) is 4.60. The molecule has 19 heavy (non-hydrogen) atoms. The van der Waals surface area contributed by atoms with Gasteiger partial charge in [0.05, 0.1) is 19.3 Å². The van der Waals surface area contributed by atoms with E-state index in [2.05, 4.69) is 26.1 Å². The number of carbonyl (C=O) groups is 1. The lowest BCUT2D eigenvalue weighted by Gasteiger charge is -2.32.